The van der Waals surface area contributed by atoms with Crippen LogP contribution in [0.25, 0.3) is 0 Å². The maximum atomic E-state index is 11.5. The summed E-state index contributed by atoms with van der Waals surface area (Å²) < 4.78 is 19.0. The average Bonchev–Trinajstić information content (AvgIpc) is 2.21. The molecule has 1 aliphatic heterocycles. The smallest absolute Gasteiger partial charge is 0.0449 e. The highest BCUT2D eigenvalue weighted by molar-refractivity contribution is 7.92. The molecule has 1 heterocycles. The molecule has 15 heavy (non-hydrogen) atoms. The van der Waals surface area contributed by atoms with Crippen molar-refractivity contribution in [2.45, 2.75) is 45.3 Å². The van der Waals surface area contributed by atoms with Gasteiger partial charge in [0, 0.05) is 21.2 Å². The van der Waals surface area contributed by atoms with E-state index in [-0.39, 0.29) is 5.25 Å². The van der Waals surface area contributed by atoms with E-state index in [1.165, 1.54) is 6.42 Å². The summed E-state index contributed by atoms with van der Waals surface area (Å²) in [6.45, 7) is 9.39. The number of hydrogen-bond acceptors (Lipinski definition) is 3. The fraction of sp³-hybridized carbons (Fsp3) is 1.00. The lowest BCUT2D eigenvalue weighted by Crippen LogP contribution is -2.38. The molecule has 1 atom stereocenters. The number of rotatable bonds is 3. The summed E-state index contributed by atoms with van der Waals surface area (Å²) in [5.74, 6) is 0. The first kappa shape index (κ1) is 14.9. The van der Waals surface area contributed by atoms with Crippen LogP contribution in [0.5, 0.6) is 0 Å². The van der Waals surface area contributed by atoms with Crippen molar-refractivity contribution in [2.24, 2.45) is 0 Å². The van der Waals surface area contributed by atoms with Crippen LogP contribution < -0.4 is 0 Å². The third-order valence-corrected chi connectivity index (χ3v) is 4.45. The summed E-state index contributed by atoms with van der Waals surface area (Å²) in [6, 6.07) is 0. The summed E-state index contributed by atoms with van der Waals surface area (Å²) in [7, 11) is -2.29. The van der Waals surface area contributed by atoms with Crippen molar-refractivity contribution < 1.29 is 4.21 Å². The normalized spacial score (nSPS) is 22.7. The van der Waals surface area contributed by atoms with E-state index >= 15 is 0 Å². The summed E-state index contributed by atoms with van der Waals surface area (Å²) in [5, 5.41) is 0.139. The fourth-order valence-electron chi connectivity index (χ4n) is 1.90. The molecule has 0 radical (unpaired) electrons. The minimum absolute atomic E-state index is 0.139. The maximum Gasteiger partial charge on any atom is 0.0449 e. The van der Waals surface area contributed by atoms with Crippen molar-refractivity contribution in [2.75, 3.05) is 25.9 Å². The summed E-state index contributed by atoms with van der Waals surface area (Å²) >= 11 is 0. The summed E-state index contributed by atoms with van der Waals surface area (Å²) in [5.41, 5.74) is 0. The maximum absolute atomic E-state index is 11.5. The van der Waals surface area contributed by atoms with Gasteiger partial charge in [-0.25, -0.2) is 4.21 Å². The molecule has 0 aromatic carbocycles. The van der Waals surface area contributed by atoms with Gasteiger partial charge in [-0.15, -0.1) is 0 Å². The van der Waals surface area contributed by atoms with E-state index in [9.17, 15) is 4.21 Å². The molecular formula is C11H26N2OS. The van der Waals surface area contributed by atoms with Crippen molar-refractivity contribution in [3.63, 3.8) is 0 Å². The first-order valence-electron chi connectivity index (χ1n) is 5.99. The van der Waals surface area contributed by atoms with Crippen LogP contribution in [0.2, 0.25) is 0 Å². The van der Waals surface area contributed by atoms with Crippen molar-refractivity contribution in [3.8, 4) is 0 Å². The van der Waals surface area contributed by atoms with E-state index in [0.29, 0.717) is 0 Å². The molecule has 1 fully saturated rings. The predicted octanol–water partition coefficient (Wildman–Crippen LogP) is 2.56. The molecule has 1 aliphatic rings. The number of piperidine rings is 1. The van der Waals surface area contributed by atoms with Crippen LogP contribution in [0.4, 0.5) is 0 Å². The lowest BCUT2D eigenvalue weighted by atomic mass is 10.1. The van der Waals surface area contributed by atoms with E-state index in [2.05, 4.69) is 11.8 Å². The van der Waals surface area contributed by atoms with Crippen LogP contribution in [0.15, 0.2) is 0 Å². The van der Waals surface area contributed by atoms with Crippen LogP contribution in [-0.2, 0) is 9.73 Å². The Labute approximate surface area is 95.2 Å². The molecule has 4 heteroatoms. The van der Waals surface area contributed by atoms with Gasteiger partial charge < -0.3 is 4.90 Å². The fourth-order valence-corrected chi connectivity index (χ4v) is 3.01. The van der Waals surface area contributed by atoms with Gasteiger partial charge in [0.05, 0.1) is 0 Å². The van der Waals surface area contributed by atoms with Crippen LogP contribution in [0, 0.1) is 4.78 Å². The number of likely N-dealkylation sites (tertiary alicyclic amines) is 1. The predicted molar refractivity (Wildman–Crippen MR) is 67.9 cm³/mol. The standard InChI is InChI=1S/C9H20N2OS.C2H6/c1-3-6-11-7-4-9(5-8-11)13(2,10)12;1-2/h9-10H,3-8H2,1-2H3;1-2H3. The van der Waals surface area contributed by atoms with E-state index in [0.717, 1.165) is 32.5 Å². The van der Waals surface area contributed by atoms with E-state index in [4.69, 9.17) is 4.78 Å². The zero-order valence-electron chi connectivity index (χ0n) is 10.6. The van der Waals surface area contributed by atoms with Gasteiger partial charge in [-0.2, -0.15) is 0 Å². The molecule has 0 amide bonds. The lowest BCUT2D eigenvalue weighted by Gasteiger charge is -2.31. The zero-order chi connectivity index (χ0) is 11.9. The summed E-state index contributed by atoms with van der Waals surface area (Å²) in [4.78, 5) is 2.40. The molecule has 0 saturated carbocycles. The monoisotopic (exact) mass is 234 g/mol. The second-order valence-corrected chi connectivity index (χ2v) is 6.42. The van der Waals surface area contributed by atoms with Gasteiger partial charge in [0.2, 0.25) is 0 Å². The molecule has 0 spiro atoms. The van der Waals surface area contributed by atoms with Gasteiger partial charge in [0.15, 0.2) is 0 Å². The Balaban J connectivity index is 0.000000921. The molecule has 0 bridgehead atoms. The average molecular weight is 234 g/mol. The molecule has 0 aromatic rings. The van der Waals surface area contributed by atoms with Crippen molar-refractivity contribution in [1.82, 2.24) is 4.90 Å². The second kappa shape index (κ2) is 7.23. The van der Waals surface area contributed by atoms with Crippen molar-refractivity contribution >= 4 is 9.73 Å². The Bertz CT molecular complexity index is 241. The van der Waals surface area contributed by atoms with Gasteiger partial charge in [0.25, 0.3) is 0 Å². The first-order chi connectivity index (χ1) is 7.04. The Kier molecular flexibility index (Phi) is 7.18. The molecular weight excluding hydrogens is 208 g/mol. The van der Waals surface area contributed by atoms with Gasteiger partial charge in [0.1, 0.15) is 0 Å². The Morgan fingerprint density at radius 3 is 2.13 bits per heavy atom. The molecule has 1 N–H and O–H groups in total. The van der Waals surface area contributed by atoms with E-state index < -0.39 is 9.73 Å². The quantitative estimate of drug-likeness (QED) is 0.815. The molecule has 1 unspecified atom stereocenters. The highest BCUT2D eigenvalue weighted by Crippen LogP contribution is 2.17. The molecule has 0 aromatic heterocycles. The van der Waals surface area contributed by atoms with Gasteiger partial charge in [-0.3, -0.25) is 4.78 Å². The van der Waals surface area contributed by atoms with Crippen molar-refractivity contribution in [3.05, 3.63) is 0 Å². The van der Waals surface area contributed by atoms with E-state index in [1.54, 1.807) is 6.26 Å². The number of hydrogen-bond donors (Lipinski definition) is 1. The molecule has 1 saturated heterocycles. The Hall–Kier alpha value is -0.0900. The van der Waals surface area contributed by atoms with E-state index in [1.807, 2.05) is 13.8 Å². The third-order valence-electron chi connectivity index (χ3n) is 2.71. The molecule has 3 nitrogen and oxygen atoms in total. The van der Waals surface area contributed by atoms with Crippen LogP contribution in [0.1, 0.15) is 40.0 Å². The Morgan fingerprint density at radius 1 is 1.33 bits per heavy atom. The minimum Gasteiger partial charge on any atom is -0.303 e. The number of nitrogens with one attached hydrogen (secondary N) is 1. The highest BCUT2D eigenvalue weighted by atomic mass is 32.2. The largest absolute Gasteiger partial charge is 0.303 e. The third kappa shape index (κ3) is 5.52. The highest BCUT2D eigenvalue weighted by Gasteiger charge is 2.23. The lowest BCUT2D eigenvalue weighted by molar-refractivity contribution is 0.231. The van der Waals surface area contributed by atoms with Crippen LogP contribution in [0.3, 0.4) is 0 Å². The first-order valence-corrected chi connectivity index (χ1v) is 8.02. The Morgan fingerprint density at radius 2 is 1.80 bits per heavy atom. The molecule has 92 valence electrons. The SMILES string of the molecule is CC.CCCN1CCC(S(C)(=N)=O)CC1. The number of nitrogens with zero attached hydrogens (tertiary/aromatic N) is 1. The topological polar surface area (TPSA) is 44.2 Å². The van der Waals surface area contributed by atoms with Gasteiger partial charge in [-0.05, 0) is 38.9 Å². The zero-order valence-corrected chi connectivity index (χ0v) is 11.4. The van der Waals surface area contributed by atoms with Gasteiger partial charge >= 0.3 is 0 Å². The summed E-state index contributed by atoms with van der Waals surface area (Å²) in [6.07, 6.45) is 4.65. The molecule has 0 aliphatic carbocycles. The van der Waals surface area contributed by atoms with Crippen LogP contribution >= 0.6 is 0 Å². The van der Waals surface area contributed by atoms with Gasteiger partial charge in [-0.1, -0.05) is 20.8 Å². The van der Waals surface area contributed by atoms with Crippen molar-refractivity contribution in [1.29, 1.82) is 4.78 Å². The molecule has 1 rings (SSSR count). The van der Waals surface area contributed by atoms with Crippen LogP contribution in [-0.4, -0.2) is 40.2 Å². The minimum atomic E-state index is -2.29. The second-order valence-electron chi connectivity index (χ2n) is 3.94.